The number of anilines is 2. The van der Waals surface area contributed by atoms with Gasteiger partial charge in [-0.15, -0.1) is 0 Å². The highest BCUT2D eigenvalue weighted by molar-refractivity contribution is 6.34. The molecule has 0 aliphatic carbocycles. The molecule has 0 saturated heterocycles. The normalized spacial score (nSPS) is 10.9. The maximum atomic E-state index is 13.3. The Morgan fingerprint density at radius 2 is 1.83 bits per heavy atom. The van der Waals surface area contributed by atoms with Crippen LogP contribution in [0, 0.1) is 6.92 Å². The number of hydrogen-bond donors (Lipinski definition) is 3. The van der Waals surface area contributed by atoms with E-state index < -0.39 is 11.8 Å². The third kappa shape index (κ3) is 5.22. The van der Waals surface area contributed by atoms with Crippen molar-refractivity contribution in [2.24, 2.45) is 0 Å². The van der Waals surface area contributed by atoms with Gasteiger partial charge < -0.3 is 20.4 Å². The van der Waals surface area contributed by atoms with Crippen molar-refractivity contribution in [2.75, 3.05) is 17.7 Å². The van der Waals surface area contributed by atoms with Gasteiger partial charge in [-0.1, -0.05) is 48.0 Å². The number of nitrogens with one attached hydrogen (secondary N) is 3. The zero-order chi connectivity index (χ0) is 25.1. The van der Waals surface area contributed by atoms with Gasteiger partial charge in [-0.05, 0) is 54.4 Å². The van der Waals surface area contributed by atoms with Crippen LogP contribution in [0.2, 0.25) is 10.0 Å². The maximum absolute atomic E-state index is 13.3. The molecule has 4 aromatic rings. The van der Waals surface area contributed by atoms with Crippen LogP contribution in [0.3, 0.4) is 0 Å². The van der Waals surface area contributed by atoms with E-state index in [1.165, 1.54) is 0 Å². The molecule has 0 unspecified atom stereocenters. The minimum absolute atomic E-state index is 0.231. The fraction of sp³-hybridized carbons (Fsp3) is 0.115. The molecule has 0 atom stereocenters. The Balaban J connectivity index is 1.73. The molecule has 3 N–H and O–H groups in total. The first kappa shape index (κ1) is 24.5. The van der Waals surface area contributed by atoms with Crippen LogP contribution in [0.1, 0.15) is 37.7 Å². The number of benzene rings is 3. The van der Waals surface area contributed by atoms with E-state index in [2.05, 4.69) is 27.2 Å². The van der Waals surface area contributed by atoms with Crippen LogP contribution in [-0.2, 0) is 11.3 Å². The molecule has 9 heteroatoms. The zero-order valence-corrected chi connectivity index (χ0v) is 20.6. The number of imidazole rings is 1. The topological polar surface area (TPSA) is 96.1 Å². The number of carbonyl (C=O) groups is 2. The van der Waals surface area contributed by atoms with E-state index in [4.69, 9.17) is 27.9 Å². The monoisotopic (exact) mass is 508 g/mol. The van der Waals surface area contributed by atoms with Gasteiger partial charge >= 0.3 is 0 Å². The third-order valence-corrected chi connectivity index (χ3v) is 6.14. The molecule has 4 rings (SSSR count). The lowest BCUT2D eigenvalue weighted by molar-refractivity contribution is 0.101. The molecule has 0 radical (unpaired) electrons. The second kappa shape index (κ2) is 10.3. The molecular weight excluding hydrogens is 487 g/mol. The highest BCUT2D eigenvalue weighted by Gasteiger charge is 2.19. The number of fused-ring (bicyclic) bond motifs is 1. The van der Waals surface area contributed by atoms with Gasteiger partial charge in [-0.3, -0.25) is 9.59 Å². The van der Waals surface area contributed by atoms with Crippen LogP contribution < -0.4 is 10.6 Å². The van der Waals surface area contributed by atoms with Crippen LogP contribution in [-0.4, -0.2) is 28.9 Å². The number of H-pyrrole nitrogens is 1. The second-order valence-corrected chi connectivity index (χ2v) is 8.61. The highest BCUT2D eigenvalue weighted by atomic mass is 35.5. The number of halogens is 2. The summed E-state index contributed by atoms with van der Waals surface area (Å²) in [6.45, 7) is 5.77. The quantitative estimate of drug-likeness (QED) is 0.266. The van der Waals surface area contributed by atoms with E-state index in [1.807, 2.05) is 6.92 Å². The summed E-state index contributed by atoms with van der Waals surface area (Å²) in [5.74, 6) is -0.286. The molecule has 0 bridgehead atoms. The van der Waals surface area contributed by atoms with Crippen LogP contribution in [0.25, 0.3) is 17.1 Å². The van der Waals surface area contributed by atoms with Crippen molar-refractivity contribution < 1.29 is 14.3 Å². The SMILES string of the molecule is C=Cc1ccc(Cl)c(C(=O)Nc2cc(C(=O)Nc3cccc(Cl)c3C)c3nc(COC)[nH]c3c2)c1. The van der Waals surface area contributed by atoms with Gasteiger partial charge in [0.2, 0.25) is 0 Å². The Bertz CT molecular complexity index is 1460. The van der Waals surface area contributed by atoms with Crippen molar-refractivity contribution in [3.05, 3.63) is 93.2 Å². The molecule has 35 heavy (non-hydrogen) atoms. The van der Waals surface area contributed by atoms with E-state index in [9.17, 15) is 9.59 Å². The lowest BCUT2D eigenvalue weighted by Gasteiger charge is -2.12. The lowest BCUT2D eigenvalue weighted by Crippen LogP contribution is -2.16. The molecule has 1 aromatic heterocycles. The van der Waals surface area contributed by atoms with E-state index in [1.54, 1.807) is 61.7 Å². The maximum Gasteiger partial charge on any atom is 0.258 e. The predicted octanol–water partition coefficient (Wildman–Crippen LogP) is 6.47. The summed E-state index contributed by atoms with van der Waals surface area (Å²) in [7, 11) is 1.55. The standard InChI is InChI=1S/C26H22Cl2N4O3/c1-4-15-8-9-20(28)17(10-15)25(33)29-16-11-18(24-22(12-16)30-23(32-24)13-35-3)26(34)31-21-7-5-6-19(27)14(21)2/h4-12H,1,13H2,2-3H3,(H,29,33)(H,30,32)(H,31,34). The molecule has 2 amide bonds. The van der Waals surface area contributed by atoms with Gasteiger partial charge in [-0.2, -0.15) is 0 Å². The Kier molecular flexibility index (Phi) is 7.21. The summed E-state index contributed by atoms with van der Waals surface area (Å²) >= 11 is 12.5. The molecule has 7 nitrogen and oxygen atoms in total. The van der Waals surface area contributed by atoms with Crippen molar-refractivity contribution in [1.82, 2.24) is 9.97 Å². The first-order chi connectivity index (χ1) is 16.8. The van der Waals surface area contributed by atoms with Crippen LogP contribution in [0.15, 0.2) is 55.1 Å². The molecule has 0 fully saturated rings. The molecule has 0 aliphatic heterocycles. The molecule has 1 heterocycles. The Morgan fingerprint density at radius 3 is 2.57 bits per heavy atom. The van der Waals surface area contributed by atoms with Crippen molar-refractivity contribution in [1.29, 1.82) is 0 Å². The number of aromatic nitrogens is 2. The van der Waals surface area contributed by atoms with Crippen LogP contribution in [0.5, 0.6) is 0 Å². The summed E-state index contributed by atoms with van der Waals surface area (Å²) < 4.78 is 5.17. The van der Waals surface area contributed by atoms with Crippen molar-refractivity contribution in [3.63, 3.8) is 0 Å². The van der Waals surface area contributed by atoms with Gasteiger partial charge in [0, 0.05) is 23.5 Å². The Morgan fingerprint density at radius 1 is 1.06 bits per heavy atom. The lowest BCUT2D eigenvalue weighted by atomic mass is 10.1. The number of carbonyl (C=O) groups excluding carboxylic acids is 2. The summed E-state index contributed by atoms with van der Waals surface area (Å²) in [6.07, 6.45) is 1.63. The Hall–Kier alpha value is -3.65. The molecule has 0 spiro atoms. The molecular formula is C26H22Cl2N4O3. The van der Waals surface area contributed by atoms with Gasteiger partial charge in [-0.25, -0.2) is 4.98 Å². The number of aromatic amines is 1. The van der Waals surface area contributed by atoms with Crippen molar-refractivity contribution in [2.45, 2.75) is 13.5 Å². The van der Waals surface area contributed by atoms with E-state index in [0.29, 0.717) is 38.3 Å². The largest absolute Gasteiger partial charge is 0.377 e. The van der Waals surface area contributed by atoms with Gasteiger partial charge in [0.15, 0.2) is 0 Å². The molecule has 3 aromatic carbocycles. The molecule has 178 valence electrons. The summed E-state index contributed by atoms with van der Waals surface area (Å²) in [5.41, 5.74) is 4.02. The van der Waals surface area contributed by atoms with Gasteiger partial charge in [0.05, 0.1) is 21.7 Å². The number of methoxy groups -OCH3 is 1. The summed E-state index contributed by atoms with van der Waals surface area (Å²) in [5, 5.41) is 6.54. The summed E-state index contributed by atoms with van der Waals surface area (Å²) in [4.78, 5) is 34.0. The first-order valence-corrected chi connectivity index (χ1v) is 11.4. The van der Waals surface area contributed by atoms with E-state index >= 15 is 0 Å². The van der Waals surface area contributed by atoms with Gasteiger partial charge in [0.1, 0.15) is 17.9 Å². The fourth-order valence-corrected chi connectivity index (χ4v) is 3.97. The van der Waals surface area contributed by atoms with E-state index in [-0.39, 0.29) is 17.7 Å². The number of amides is 2. The minimum Gasteiger partial charge on any atom is -0.377 e. The average molecular weight is 509 g/mol. The van der Waals surface area contributed by atoms with Crippen LogP contribution in [0.4, 0.5) is 11.4 Å². The van der Waals surface area contributed by atoms with Crippen LogP contribution >= 0.6 is 23.2 Å². The van der Waals surface area contributed by atoms with Gasteiger partial charge in [0.25, 0.3) is 11.8 Å². The average Bonchev–Trinajstić information content (AvgIpc) is 3.24. The first-order valence-electron chi connectivity index (χ1n) is 10.6. The smallest absolute Gasteiger partial charge is 0.258 e. The van der Waals surface area contributed by atoms with Crippen molar-refractivity contribution >= 4 is 63.5 Å². The minimum atomic E-state index is -0.424. The molecule has 0 saturated carbocycles. The number of rotatable bonds is 7. The van der Waals surface area contributed by atoms with E-state index in [0.717, 1.165) is 11.1 Å². The number of hydrogen-bond acceptors (Lipinski definition) is 4. The highest BCUT2D eigenvalue weighted by Crippen LogP contribution is 2.28. The second-order valence-electron chi connectivity index (χ2n) is 7.80. The third-order valence-electron chi connectivity index (χ3n) is 5.41. The fourth-order valence-electron chi connectivity index (χ4n) is 3.59. The zero-order valence-electron chi connectivity index (χ0n) is 19.0. The Labute approximate surface area is 212 Å². The number of ether oxygens (including phenoxy) is 1. The number of nitrogens with zero attached hydrogens (tertiary/aromatic N) is 1. The van der Waals surface area contributed by atoms with Crippen molar-refractivity contribution in [3.8, 4) is 0 Å². The predicted molar refractivity (Wildman–Crippen MR) is 140 cm³/mol. The summed E-state index contributed by atoms with van der Waals surface area (Å²) in [6, 6.07) is 13.6. The molecule has 0 aliphatic rings.